The van der Waals surface area contributed by atoms with E-state index in [0.29, 0.717) is 6.61 Å². The summed E-state index contributed by atoms with van der Waals surface area (Å²) in [5.41, 5.74) is 2.46. The minimum atomic E-state index is 0.606. The van der Waals surface area contributed by atoms with Crippen LogP contribution in [-0.2, 0) is 13.2 Å². The first-order valence-electron chi connectivity index (χ1n) is 8.78. The highest BCUT2D eigenvalue weighted by molar-refractivity contribution is 5.81. The number of benzene rings is 2. The summed E-state index contributed by atoms with van der Waals surface area (Å²) >= 11 is 0. The van der Waals surface area contributed by atoms with Gasteiger partial charge in [0.15, 0.2) is 0 Å². The Balaban J connectivity index is 1.66. The molecule has 1 heterocycles. The third kappa shape index (κ3) is 3.98. The molecule has 0 aliphatic heterocycles. The standard InChI is InChI=1S/C21H26N2O/c1-3-22(4-2)14-15-23-13-12-19-16-20(10-11-21(19)23)24-17-18-8-6-5-7-9-18/h5-13,16H,3-4,14-15,17H2,1-2H3. The van der Waals surface area contributed by atoms with Gasteiger partial charge in [-0.25, -0.2) is 0 Å². The minimum absolute atomic E-state index is 0.606. The van der Waals surface area contributed by atoms with Crippen LogP contribution < -0.4 is 4.74 Å². The zero-order valence-corrected chi connectivity index (χ0v) is 14.6. The average molecular weight is 322 g/mol. The summed E-state index contributed by atoms with van der Waals surface area (Å²) in [6.45, 7) is 9.36. The summed E-state index contributed by atoms with van der Waals surface area (Å²) in [7, 11) is 0. The van der Waals surface area contributed by atoms with Gasteiger partial charge in [0, 0.05) is 30.2 Å². The van der Waals surface area contributed by atoms with Crippen molar-refractivity contribution in [3.05, 3.63) is 66.4 Å². The second kappa shape index (κ2) is 8.02. The molecule has 3 heteroatoms. The van der Waals surface area contributed by atoms with Crippen LogP contribution in [0.15, 0.2) is 60.8 Å². The molecule has 0 bridgehead atoms. The lowest BCUT2D eigenvalue weighted by atomic mass is 10.2. The summed E-state index contributed by atoms with van der Waals surface area (Å²) < 4.78 is 8.25. The van der Waals surface area contributed by atoms with Crippen molar-refractivity contribution >= 4 is 10.9 Å². The fourth-order valence-electron chi connectivity index (χ4n) is 2.99. The van der Waals surface area contributed by atoms with E-state index in [-0.39, 0.29) is 0 Å². The third-order valence-corrected chi connectivity index (χ3v) is 4.54. The Kier molecular flexibility index (Phi) is 5.55. The van der Waals surface area contributed by atoms with Crippen molar-refractivity contribution in [2.45, 2.75) is 27.0 Å². The van der Waals surface area contributed by atoms with E-state index in [1.165, 1.54) is 16.5 Å². The molecular formula is C21H26N2O. The zero-order chi connectivity index (χ0) is 16.8. The van der Waals surface area contributed by atoms with Crippen LogP contribution in [-0.4, -0.2) is 29.1 Å². The number of fused-ring (bicyclic) bond motifs is 1. The van der Waals surface area contributed by atoms with Crippen molar-refractivity contribution < 1.29 is 4.74 Å². The van der Waals surface area contributed by atoms with E-state index in [4.69, 9.17) is 4.74 Å². The average Bonchev–Trinajstić information content (AvgIpc) is 3.04. The lowest BCUT2D eigenvalue weighted by molar-refractivity contribution is 0.292. The molecule has 0 amide bonds. The van der Waals surface area contributed by atoms with Gasteiger partial charge in [-0.05, 0) is 42.9 Å². The molecule has 0 aliphatic carbocycles. The predicted octanol–water partition coefficient (Wildman–Crippen LogP) is 4.56. The highest BCUT2D eigenvalue weighted by atomic mass is 16.5. The fourth-order valence-corrected chi connectivity index (χ4v) is 2.99. The maximum Gasteiger partial charge on any atom is 0.120 e. The van der Waals surface area contributed by atoms with Crippen LogP contribution in [0.5, 0.6) is 5.75 Å². The third-order valence-electron chi connectivity index (χ3n) is 4.54. The van der Waals surface area contributed by atoms with Crippen LogP contribution in [0.4, 0.5) is 0 Å². The maximum atomic E-state index is 5.92. The molecule has 0 radical (unpaired) electrons. The van der Waals surface area contributed by atoms with Crippen LogP contribution in [0, 0.1) is 0 Å². The Morgan fingerprint density at radius 3 is 2.50 bits per heavy atom. The van der Waals surface area contributed by atoms with Crippen LogP contribution >= 0.6 is 0 Å². The molecule has 0 unspecified atom stereocenters. The van der Waals surface area contributed by atoms with Crippen LogP contribution in [0.2, 0.25) is 0 Å². The minimum Gasteiger partial charge on any atom is -0.489 e. The van der Waals surface area contributed by atoms with Crippen molar-refractivity contribution in [1.29, 1.82) is 0 Å². The lowest BCUT2D eigenvalue weighted by Gasteiger charge is -2.18. The number of nitrogens with zero attached hydrogens (tertiary/aromatic N) is 2. The largest absolute Gasteiger partial charge is 0.489 e. The lowest BCUT2D eigenvalue weighted by Crippen LogP contribution is -2.26. The van der Waals surface area contributed by atoms with Crippen molar-refractivity contribution in [2.24, 2.45) is 0 Å². The second-order valence-corrected chi connectivity index (χ2v) is 6.03. The van der Waals surface area contributed by atoms with E-state index >= 15 is 0 Å². The van der Waals surface area contributed by atoms with Crippen molar-refractivity contribution in [1.82, 2.24) is 9.47 Å². The van der Waals surface area contributed by atoms with Gasteiger partial charge >= 0.3 is 0 Å². The Hall–Kier alpha value is -2.26. The SMILES string of the molecule is CCN(CC)CCn1ccc2cc(OCc3ccccc3)ccc21. The highest BCUT2D eigenvalue weighted by Gasteiger charge is 2.05. The summed E-state index contributed by atoms with van der Waals surface area (Å²) in [4.78, 5) is 2.45. The molecule has 2 aromatic carbocycles. The Labute approximate surface area is 144 Å². The number of rotatable bonds is 8. The quantitative estimate of drug-likeness (QED) is 0.605. The van der Waals surface area contributed by atoms with E-state index in [1.807, 2.05) is 18.2 Å². The van der Waals surface area contributed by atoms with E-state index in [2.05, 4.69) is 65.9 Å². The van der Waals surface area contributed by atoms with Gasteiger partial charge in [-0.2, -0.15) is 0 Å². The van der Waals surface area contributed by atoms with E-state index in [9.17, 15) is 0 Å². The number of ether oxygens (including phenoxy) is 1. The molecule has 3 nitrogen and oxygen atoms in total. The van der Waals surface area contributed by atoms with Crippen LogP contribution in [0.25, 0.3) is 10.9 Å². The first-order chi connectivity index (χ1) is 11.8. The van der Waals surface area contributed by atoms with Gasteiger partial charge in [0.2, 0.25) is 0 Å². The van der Waals surface area contributed by atoms with E-state index < -0.39 is 0 Å². The van der Waals surface area contributed by atoms with E-state index in [0.717, 1.165) is 31.9 Å². The van der Waals surface area contributed by atoms with Gasteiger partial charge in [0.25, 0.3) is 0 Å². The molecule has 24 heavy (non-hydrogen) atoms. The molecule has 0 spiro atoms. The predicted molar refractivity (Wildman–Crippen MR) is 101 cm³/mol. The Morgan fingerprint density at radius 1 is 0.958 bits per heavy atom. The smallest absolute Gasteiger partial charge is 0.120 e. The normalized spacial score (nSPS) is 11.3. The molecule has 0 aliphatic rings. The molecule has 0 atom stereocenters. The fraction of sp³-hybridized carbons (Fsp3) is 0.333. The molecule has 3 rings (SSSR count). The Morgan fingerprint density at radius 2 is 1.75 bits per heavy atom. The molecule has 1 aromatic heterocycles. The Bertz CT molecular complexity index is 760. The maximum absolute atomic E-state index is 5.92. The molecule has 0 fully saturated rings. The first-order valence-corrected chi connectivity index (χ1v) is 8.78. The van der Waals surface area contributed by atoms with Crippen LogP contribution in [0.3, 0.4) is 0 Å². The van der Waals surface area contributed by atoms with Gasteiger partial charge in [-0.1, -0.05) is 44.2 Å². The summed E-state index contributed by atoms with van der Waals surface area (Å²) in [5.74, 6) is 0.924. The van der Waals surface area contributed by atoms with Crippen LogP contribution in [0.1, 0.15) is 19.4 Å². The van der Waals surface area contributed by atoms with E-state index in [1.54, 1.807) is 0 Å². The van der Waals surface area contributed by atoms with Gasteiger partial charge in [0.05, 0.1) is 0 Å². The second-order valence-electron chi connectivity index (χ2n) is 6.03. The number of aromatic nitrogens is 1. The summed E-state index contributed by atoms with van der Waals surface area (Å²) in [6, 6.07) is 18.8. The van der Waals surface area contributed by atoms with Gasteiger partial charge in [-0.15, -0.1) is 0 Å². The zero-order valence-electron chi connectivity index (χ0n) is 14.6. The highest BCUT2D eigenvalue weighted by Crippen LogP contribution is 2.23. The van der Waals surface area contributed by atoms with Gasteiger partial charge < -0.3 is 14.2 Å². The number of hydrogen-bond acceptors (Lipinski definition) is 2. The van der Waals surface area contributed by atoms with Crippen molar-refractivity contribution in [3.8, 4) is 5.75 Å². The van der Waals surface area contributed by atoms with Gasteiger partial charge in [0.1, 0.15) is 12.4 Å². The topological polar surface area (TPSA) is 17.4 Å². The molecule has 126 valence electrons. The molecular weight excluding hydrogens is 296 g/mol. The monoisotopic (exact) mass is 322 g/mol. The molecule has 3 aromatic rings. The molecule has 0 N–H and O–H groups in total. The number of hydrogen-bond donors (Lipinski definition) is 0. The van der Waals surface area contributed by atoms with Crippen molar-refractivity contribution in [3.63, 3.8) is 0 Å². The summed E-state index contributed by atoms with van der Waals surface area (Å²) in [6.07, 6.45) is 2.18. The first kappa shape index (κ1) is 16.6. The van der Waals surface area contributed by atoms with Gasteiger partial charge in [-0.3, -0.25) is 0 Å². The number of likely N-dealkylation sites (N-methyl/N-ethyl adjacent to an activating group) is 1. The molecule has 0 saturated carbocycles. The van der Waals surface area contributed by atoms with Crippen molar-refractivity contribution in [2.75, 3.05) is 19.6 Å². The summed E-state index contributed by atoms with van der Waals surface area (Å²) in [5, 5.41) is 1.24. The molecule has 0 saturated heterocycles.